The molecule has 0 unspecified atom stereocenters. The lowest BCUT2D eigenvalue weighted by Gasteiger charge is -2.10. The summed E-state index contributed by atoms with van der Waals surface area (Å²) in [6.07, 6.45) is 0. The van der Waals surface area contributed by atoms with E-state index in [2.05, 4.69) is 10.6 Å². The van der Waals surface area contributed by atoms with Gasteiger partial charge in [-0.25, -0.2) is 0 Å². The van der Waals surface area contributed by atoms with Gasteiger partial charge in [-0.1, -0.05) is 35.9 Å². The predicted molar refractivity (Wildman–Crippen MR) is 116 cm³/mol. The first-order valence-corrected chi connectivity index (χ1v) is 9.51. The third-order valence-corrected chi connectivity index (χ3v) is 4.39. The fourth-order valence-corrected chi connectivity index (χ4v) is 2.75. The van der Waals surface area contributed by atoms with E-state index in [0.29, 0.717) is 11.3 Å². The Kier molecular flexibility index (Phi) is 6.95. The molecule has 0 fully saturated rings. The standard InChI is InChI=1S/C23H21N3O5/c1-16-8-10-18(11-9-16)23(28)25-19-5-2-4-17(12-19)14-24-22(27)15-31-21-7-3-6-20(13-21)26(29)30/h2-13H,14-15H2,1H3,(H,24,27)(H,25,28). The Hall–Kier alpha value is -4.20. The van der Waals surface area contributed by atoms with Gasteiger partial charge in [0.1, 0.15) is 5.75 Å². The third kappa shape index (κ3) is 6.40. The summed E-state index contributed by atoms with van der Waals surface area (Å²) in [5.74, 6) is -0.350. The highest BCUT2D eigenvalue weighted by atomic mass is 16.6. The molecule has 8 heteroatoms. The second-order valence-corrected chi connectivity index (χ2v) is 6.84. The number of non-ortho nitro benzene ring substituents is 1. The van der Waals surface area contributed by atoms with Gasteiger partial charge in [0.25, 0.3) is 17.5 Å². The van der Waals surface area contributed by atoms with Crippen molar-refractivity contribution in [3.05, 3.63) is 99.6 Å². The number of amides is 2. The van der Waals surface area contributed by atoms with Crippen LogP contribution in [0.3, 0.4) is 0 Å². The number of nitro groups is 1. The maximum absolute atomic E-state index is 12.3. The molecular weight excluding hydrogens is 398 g/mol. The van der Waals surface area contributed by atoms with Crippen molar-refractivity contribution in [2.45, 2.75) is 13.5 Å². The van der Waals surface area contributed by atoms with Crippen LogP contribution in [0.15, 0.2) is 72.8 Å². The van der Waals surface area contributed by atoms with Crippen molar-refractivity contribution in [2.24, 2.45) is 0 Å². The van der Waals surface area contributed by atoms with E-state index in [-0.39, 0.29) is 36.4 Å². The molecule has 3 rings (SSSR count). The topological polar surface area (TPSA) is 111 Å². The van der Waals surface area contributed by atoms with E-state index >= 15 is 0 Å². The summed E-state index contributed by atoms with van der Waals surface area (Å²) in [6, 6.07) is 20.0. The zero-order chi connectivity index (χ0) is 22.2. The van der Waals surface area contributed by atoms with Gasteiger partial charge in [-0.05, 0) is 42.8 Å². The number of hydrogen-bond acceptors (Lipinski definition) is 5. The van der Waals surface area contributed by atoms with E-state index in [0.717, 1.165) is 11.1 Å². The number of aryl methyl sites for hydroxylation is 1. The van der Waals surface area contributed by atoms with Crippen molar-refractivity contribution in [1.82, 2.24) is 5.32 Å². The number of rotatable bonds is 8. The number of nitrogens with zero attached hydrogens (tertiary/aromatic N) is 1. The molecule has 8 nitrogen and oxygen atoms in total. The van der Waals surface area contributed by atoms with Crippen molar-refractivity contribution < 1.29 is 19.2 Å². The van der Waals surface area contributed by atoms with Crippen LogP contribution in [0, 0.1) is 17.0 Å². The molecule has 0 aliphatic carbocycles. The fourth-order valence-electron chi connectivity index (χ4n) is 2.75. The summed E-state index contributed by atoms with van der Waals surface area (Å²) < 4.78 is 5.31. The summed E-state index contributed by atoms with van der Waals surface area (Å²) in [4.78, 5) is 34.6. The van der Waals surface area contributed by atoms with Gasteiger partial charge >= 0.3 is 0 Å². The lowest BCUT2D eigenvalue weighted by atomic mass is 10.1. The molecule has 0 aromatic heterocycles. The first-order chi connectivity index (χ1) is 14.9. The molecule has 3 aromatic rings. The van der Waals surface area contributed by atoms with Gasteiger partial charge < -0.3 is 15.4 Å². The van der Waals surface area contributed by atoms with Crippen molar-refractivity contribution in [3.63, 3.8) is 0 Å². The van der Waals surface area contributed by atoms with Crippen LogP contribution in [-0.4, -0.2) is 23.3 Å². The van der Waals surface area contributed by atoms with Crippen LogP contribution < -0.4 is 15.4 Å². The zero-order valence-corrected chi connectivity index (χ0v) is 16.8. The number of anilines is 1. The average molecular weight is 419 g/mol. The van der Waals surface area contributed by atoms with Crippen molar-refractivity contribution in [3.8, 4) is 5.75 Å². The van der Waals surface area contributed by atoms with Gasteiger partial charge in [-0.3, -0.25) is 19.7 Å². The number of hydrogen-bond donors (Lipinski definition) is 2. The minimum atomic E-state index is -0.530. The normalized spacial score (nSPS) is 10.2. The Morgan fingerprint density at radius 2 is 1.74 bits per heavy atom. The quantitative estimate of drug-likeness (QED) is 0.426. The van der Waals surface area contributed by atoms with Crippen LogP contribution >= 0.6 is 0 Å². The van der Waals surface area contributed by atoms with Gasteiger partial charge in [0.15, 0.2) is 6.61 Å². The van der Waals surface area contributed by atoms with Crippen molar-refractivity contribution in [2.75, 3.05) is 11.9 Å². The van der Waals surface area contributed by atoms with E-state index in [9.17, 15) is 19.7 Å². The van der Waals surface area contributed by atoms with Crippen molar-refractivity contribution in [1.29, 1.82) is 0 Å². The van der Waals surface area contributed by atoms with Gasteiger partial charge in [-0.15, -0.1) is 0 Å². The van der Waals surface area contributed by atoms with Gasteiger partial charge in [0, 0.05) is 23.9 Å². The summed E-state index contributed by atoms with van der Waals surface area (Å²) >= 11 is 0. The molecule has 0 saturated heterocycles. The van der Waals surface area contributed by atoms with Gasteiger partial charge in [0.2, 0.25) is 0 Å². The number of nitrogens with one attached hydrogen (secondary N) is 2. The molecule has 0 aliphatic rings. The van der Waals surface area contributed by atoms with E-state index in [1.165, 1.54) is 18.2 Å². The average Bonchev–Trinajstić information content (AvgIpc) is 2.77. The minimum Gasteiger partial charge on any atom is -0.484 e. The Labute approximate surface area is 179 Å². The molecule has 0 aliphatic heterocycles. The highest BCUT2D eigenvalue weighted by molar-refractivity contribution is 6.04. The fraction of sp³-hybridized carbons (Fsp3) is 0.130. The van der Waals surface area contributed by atoms with Crippen LogP contribution in [0.1, 0.15) is 21.5 Å². The number of carbonyl (C=O) groups excluding carboxylic acids is 2. The Bertz CT molecular complexity index is 1100. The molecule has 0 atom stereocenters. The molecule has 158 valence electrons. The van der Waals surface area contributed by atoms with E-state index in [1.807, 2.05) is 25.1 Å². The number of nitro benzene ring substituents is 1. The van der Waals surface area contributed by atoms with Crippen molar-refractivity contribution >= 4 is 23.2 Å². The molecule has 3 aromatic carbocycles. The smallest absolute Gasteiger partial charge is 0.273 e. The van der Waals surface area contributed by atoms with E-state index in [4.69, 9.17) is 4.74 Å². The molecule has 2 N–H and O–H groups in total. The van der Waals surface area contributed by atoms with Gasteiger partial charge in [0.05, 0.1) is 11.0 Å². The van der Waals surface area contributed by atoms with Crippen LogP contribution in [-0.2, 0) is 11.3 Å². The first kappa shape index (κ1) is 21.5. The summed E-state index contributed by atoms with van der Waals surface area (Å²) in [7, 11) is 0. The maximum Gasteiger partial charge on any atom is 0.273 e. The molecule has 0 heterocycles. The highest BCUT2D eigenvalue weighted by Gasteiger charge is 2.09. The lowest BCUT2D eigenvalue weighted by molar-refractivity contribution is -0.384. The summed E-state index contributed by atoms with van der Waals surface area (Å²) in [6.45, 7) is 1.92. The highest BCUT2D eigenvalue weighted by Crippen LogP contribution is 2.19. The molecule has 0 spiro atoms. The summed E-state index contributed by atoms with van der Waals surface area (Å²) in [5.41, 5.74) is 2.93. The van der Waals surface area contributed by atoms with E-state index in [1.54, 1.807) is 36.4 Å². The number of ether oxygens (including phenoxy) is 1. The lowest BCUT2D eigenvalue weighted by Crippen LogP contribution is -2.28. The van der Waals surface area contributed by atoms with Crippen LogP contribution in [0.4, 0.5) is 11.4 Å². The Balaban J connectivity index is 1.51. The van der Waals surface area contributed by atoms with Gasteiger partial charge in [-0.2, -0.15) is 0 Å². The third-order valence-electron chi connectivity index (χ3n) is 4.39. The minimum absolute atomic E-state index is 0.109. The number of benzene rings is 3. The zero-order valence-electron chi connectivity index (χ0n) is 16.8. The molecule has 2 amide bonds. The SMILES string of the molecule is Cc1ccc(C(=O)Nc2cccc(CNC(=O)COc3cccc([N+](=O)[O-])c3)c2)cc1. The largest absolute Gasteiger partial charge is 0.484 e. The van der Waals surface area contributed by atoms with E-state index < -0.39 is 4.92 Å². The molecule has 31 heavy (non-hydrogen) atoms. The Morgan fingerprint density at radius 1 is 1.00 bits per heavy atom. The van der Waals surface area contributed by atoms with Crippen LogP contribution in [0.25, 0.3) is 0 Å². The number of carbonyl (C=O) groups is 2. The monoisotopic (exact) mass is 419 g/mol. The molecule has 0 saturated carbocycles. The first-order valence-electron chi connectivity index (χ1n) is 9.51. The van der Waals surface area contributed by atoms with Crippen LogP contribution in [0.2, 0.25) is 0 Å². The molecular formula is C23H21N3O5. The maximum atomic E-state index is 12.3. The van der Waals surface area contributed by atoms with Crippen LogP contribution in [0.5, 0.6) is 5.75 Å². The second-order valence-electron chi connectivity index (χ2n) is 6.84. The Morgan fingerprint density at radius 3 is 2.48 bits per heavy atom. The summed E-state index contributed by atoms with van der Waals surface area (Å²) in [5, 5.41) is 16.3. The molecule has 0 radical (unpaired) electrons. The predicted octanol–water partition coefficient (Wildman–Crippen LogP) is 3.85. The molecule has 0 bridgehead atoms. The second kappa shape index (κ2) is 10.0.